The van der Waals surface area contributed by atoms with Crippen LogP contribution in [0.15, 0.2) is 97.5 Å². The van der Waals surface area contributed by atoms with Crippen molar-refractivity contribution in [2.75, 3.05) is 44.9 Å². The molecule has 4 aromatic carbocycles. The number of amides is 2. The first kappa shape index (κ1) is 52.8. The Balaban J connectivity index is 0.823. The van der Waals surface area contributed by atoms with Crippen LogP contribution >= 0.6 is 0 Å². The van der Waals surface area contributed by atoms with Gasteiger partial charge in [-0.25, -0.2) is 9.07 Å². The number of halogens is 1. The first-order valence-electron chi connectivity index (χ1n) is 27.6. The van der Waals surface area contributed by atoms with E-state index >= 15 is 4.39 Å². The minimum Gasteiger partial charge on any atom is -0.486 e. The van der Waals surface area contributed by atoms with Gasteiger partial charge in [0.15, 0.2) is 5.75 Å². The molecule has 20 heteroatoms. The first-order chi connectivity index (χ1) is 38.8. The first-order valence-corrected chi connectivity index (χ1v) is 27.6. The van der Waals surface area contributed by atoms with Gasteiger partial charge in [0.05, 0.1) is 48.5 Å². The Hall–Kier alpha value is -7.91. The lowest BCUT2D eigenvalue weighted by atomic mass is 9.88. The Morgan fingerprint density at radius 3 is 2.41 bits per heavy atom. The van der Waals surface area contributed by atoms with Crippen molar-refractivity contribution in [1.82, 2.24) is 55.7 Å². The summed E-state index contributed by atoms with van der Waals surface area (Å²) in [5.41, 5.74) is 8.57. The highest BCUT2D eigenvalue weighted by Crippen LogP contribution is 2.53. The van der Waals surface area contributed by atoms with Crippen LogP contribution in [0.4, 0.5) is 10.2 Å². The van der Waals surface area contributed by atoms with E-state index in [-0.39, 0.29) is 74.5 Å². The number of aromatic amines is 1. The molecule has 3 aliphatic heterocycles. The van der Waals surface area contributed by atoms with Crippen LogP contribution in [0.5, 0.6) is 11.8 Å². The number of anilines is 1. The Morgan fingerprint density at radius 2 is 1.71 bits per heavy atom. The quantitative estimate of drug-likeness (QED) is 0.0532. The Kier molecular flexibility index (Phi) is 14.5. The molecular formula is C60H65FN12O7. The summed E-state index contributed by atoms with van der Waals surface area (Å²) in [4.78, 5) is 47.0. The molecule has 7 heterocycles. The standard InChI is InChI=1S/C60H65FN12O7/c1-32(2)55(59(77)72-27-42(75)21-51(72)58(76)65-50(29-74)39-17-15-37(16-18-39)47-8-6-7-19-62-47)73-28-49(69-70-73)38-11-9-35(10-12-38)31-79-56-53(52-34(4)46(61)23-48-45(52)25-64-68-48)43(36-13-14-36)22-44-54(56)66-60(80-30-33(3)78-5)67-57(44)71-26-40-20-41(71)24-63-40/h6-12,15-19,22-23,25,28,32-33,36,40-42,50-51,55,63,74-75H,13-14,20-21,24,26-27,29-31H2,1-5H3,(H,64,68)(H,65,76)/t33-,40-,41-,42+,50-,51-,55-/m0/s1. The number of nitrogens with one attached hydrogen (secondary N) is 3. The number of ether oxygens (including phenoxy) is 3. The fraction of sp³-hybridized carbons (Fsp3) is 0.400. The summed E-state index contributed by atoms with van der Waals surface area (Å²) in [5, 5.41) is 45.8. The van der Waals surface area contributed by atoms with Gasteiger partial charge in [-0.2, -0.15) is 15.1 Å². The number of methoxy groups -OCH3 is 1. The van der Waals surface area contributed by atoms with E-state index in [0.717, 1.165) is 82.5 Å². The lowest BCUT2D eigenvalue weighted by Gasteiger charge is -2.30. The van der Waals surface area contributed by atoms with Crippen LogP contribution in [-0.4, -0.2) is 137 Å². The van der Waals surface area contributed by atoms with Gasteiger partial charge >= 0.3 is 6.01 Å². The van der Waals surface area contributed by atoms with E-state index < -0.39 is 30.1 Å². The molecule has 1 saturated carbocycles. The topological polar surface area (TPSA) is 231 Å². The van der Waals surface area contributed by atoms with E-state index in [4.69, 9.17) is 24.2 Å². The number of benzene rings is 4. The number of H-pyrrole nitrogens is 1. The molecule has 414 valence electrons. The number of pyridine rings is 1. The molecule has 0 spiro atoms. The van der Waals surface area contributed by atoms with Crippen molar-refractivity contribution in [1.29, 1.82) is 0 Å². The van der Waals surface area contributed by atoms with E-state index in [9.17, 15) is 19.8 Å². The highest BCUT2D eigenvalue weighted by Gasteiger charge is 2.44. The van der Waals surface area contributed by atoms with Gasteiger partial charge in [0, 0.05) is 84.5 Å². The summed E-state index contributed by atoms with van der Waals surface area (Å²) >= 11 is 0. The van der Waals surface area contributed by atoms with E-state index in [0.29, 0.717) is 45.2 Å². The zero-order chi connectivity index (χ0) is 55.3. The Bertz CT molecular complexity index is 3570. The van der Waals surface area contributed by atoms with Crippen molar-refractivity contribution in [2.45, 2.75) is 108 Å². The maximum Gasteiger partial charge on any atom is 0.319 e. The van der Waals surface area contributed by atoms with E-state index in [1.807, 2.05) is 87.5 Å². The molecule has 4 aromatic heterocycles. The zero-order valence-electron chi connectivity index (χ0n) is 45.3. The third-order valence-electron chi connectivity index (χ3n) is 16.3. The molecule has 1 aliphatic carbocycles. The second kappa shape index (κ2) is 22.0. The third-order valence-corrected chi connectivity index (χ3v) is 16.3. The minimum absolute atomic E-state index is 0.0375. The molecule has 19 nitrogen and oxygen atoms in total. The van der Waals surface area contributed by atoms with Gasteiger partial charge in [0.25, 0.3) is 0 Å². The Morgan fingerprint density at radius 1 is 0.925 bits per heavy atom. The second-order valence-corrected chi connectivity index (χ2v) is 22.1. The highest BCUT2D eigenvalue weighted by atomic mass is 19.1. The van der Waals surface area contributed by atoms with Gasteiger partial charge in [-0.05, 0) is 91.5 Å². The van der Waals surface area contributed by atoms with Crippen LogP contribution in [0, 0.1) is 18.7 Å². The van der Waals surface area contributed by atoms with E-state index in [1.54, 1.807) is 32.6 Å². The largest absolute Gasteiger partial charge is 0.486 e. The molecule has 8 aromatic rings. The average Bonchev–Trinajstić information content (AvgIpc) is 3.64. The number of piperazine rings is 1. The van der Waals surface area contributed by atoms with Crippen LogP contribution in [-0.2, 0) is 20.9 Å². The average molecular weight is 1090 g/mol. The lowest BCUT2D eigenvalue weighted by Crippen LogP contribution is -2.50. The maximum absolute atomic E-state index is 16.1. The smallest absolute Gasteiger partial charge is 0.319 e. The molecule has 7 atom stereocenters. The predicted molar refractivity (Wildman–Crippen MR) is 298 cm³/mol. The van der Waals surface area contributed by atoms with E-state index in [1.165, 1.54) is 15.6 Å². The number of β-amino-alcohol motifs (C(OH)–C–C–N with tert-alkyl or cyclic N) is 1. The molecule has 4 fully saturated rings. The number of nitrogens with zero attached hydrogens (tertiary/aromatic N) is 9. The minimum atomic E-state index is -0.986. The van der Waals surface area contributed by atoms with Crippen molar-refractivity contribution >= 4 is 39.4 Å². The monoisotopic (exact) mass is 1080 g/mol. The number of carbonyl (C=O) groups is 2. The van der Waals surface area contributed by atoms with Gasteiger partial charge < -0.3 is 44.9 Å². The summed E-state index contributed by atoms with van der Waals surface area (Å²) in [6, 6.07) is 22.7. The maximum atomic E-state index is 16.1. The van der Waals surface area contributed by atoms with Crippen molar-refractivity contribution in [3.8, 4) is 45.4 Å². The molecular weight excluding hydrogens is 1020 g/mol. The van der Waals surface area contributed by atoms with Crippen LogP contribution in [0.1, 0.15) is 86.7 Å². The number of hydrogen-bond acceptors (Lipinski definition) is 15. The number of fused-ring (bicyclic) bond motifs is 4. The van der Waals surface area contributed by atoms with E-state index in [2.05, 4.69) is 47.1 Å². The molecule has 3 saturated heterocycles. The van der Waals surface area contributed by atoms with Crippen LogP contribution in [0.2, 0.25) is 0 Å². The molecule has 12 rings (SSSR count). The fourth-order valence-corrected chi connectivity index (χ4v) is 11.8. The third kappa shape index (κ3) is 10.2. The number of aromatic nitrogens is 8. The summed E-state index contributed by atoms with van der Waals surface area (Å²) in [6.45, 7) is 9.08. The molecule has 2 bridgehead atoms. The second-order valence-electron chi connectivity index (χ2n) is 22.1. The number of aliphatic hydroxyl groups is 2. The van der Waals surface area contributed by atoms with Crippen molar-refractivity contribution in [3.05, 3.63) is 126 Å². The van der Waals surface area contributed by atoms with Crippen LogP contribution < -0.4 is 25.0 Å². The van der Waals surface area contributed by atoms with Crippen molar-refractivity contribution in [2.24, 2.45) is 5.92 Å². The Labute approximate surface area is 461 Å². The summed E-state index contributed by atoms with van der Waals surface area (Å²) in [7, 11) is 1.64. The van der Waals surface area contributed by atoms with Gasteiger partial charge in [0.1, 0.15) is 48.1 Å². The van der Waals surface area contributed by atoms with Crippen LogP contribution in [0.25, 0.3) is 55.4 Å². The fourth-order valence-electron chi connectivity index (χ4n) is 11.8. The molecule has 5 N–H and O–H groups in total. The van der Waals surface area contributed by atoms with Crippen molar-refractivity contribution < 1.29 is 38.4 Å². The number of likely N-dealkylation sites (tertiary alicyclic amines) is 1. The van der Waals surface area contributed by atoms with Gasteiger partial charge in [-0.3, -0.25) is 19.7 Å². The van der Waals surface area contributed by atoms with Gasteiger partial charge in [-0.1, -0.05) is 73.7 Å². The zero-order valence-corrected chi connectivity index (χ0v) is 45.3. The molecule has 0 unspecified atom stereocenters. The molecule has 2 amide bonds. The molecule has 4 aliphatic rings. The summed E-state index contributed by atoms with van der Waals surface area (Å²) < 4.78 is 36.6. The SMILES string of the molecule is CO[C@@H](C)COc1nc(N2C[C@@H]3C[C@H]2CN3)c2cc(C3CC3)c(-c3c(C)c(F)cc4[nH]ncc34)c(OCc3ccc(-c4cn([C@H](C(=O)N5C[C@H](O)C[C@H]5C(=O)N[C@@H](CO)c5ccc(-c6ccccn6)cc5)C(C)C)nn4)cc3)c2n1. The number of aliphatic hydroxyl groups excluding tert-OH is 2. The normalized spacial score (nSPS) is 20.0. The van der Waals surface area contributed by atoms with Crippen molar-refractivity contribution in [3.63, 3.8) is 0 Å². The summed E-state index contributed by atoms with van der Waals surface area (Å²) in [6.07, 6.45) is 7.02. The van der Waals surface area contributed by atoms with Crippen LogP contribution in [0.3, 0.4) is 0 Å². The highest BCUT2D eigenvalue weighted by molar-refractivity contribution is 6.06. The number of carbonyl (C=O) groups excluding carboxylic acids is 2. The van der Waals surface area contributed by atoms with Gasteiger partial charge in [0.2, 0.25) is 11.8 Å². The molecule has 80 heavy (non-hydrogen) atoms. The van der Waals surface area contributed by atoms with Gasteiger partial charge in [-0.15, -0.1) is 5.10 Å². The molecule has 0 radical (unpaired) electrons. The predicted octanol–water partition coefficient (Wildman–Crippen LogP) is 7.37. The number of rotatable bonds is 19. The number of hydrogen-bond donors (Lipinski definition) is 5. The summed E-state index contributed by atoms with van der Waals surface area (Å²) in [5.74, 6) is -0.0181. The lowest BCUT2D eigenvalue weighted by molar-refractivity contribution is -0.142.